The zero-order valence-electron chi connectivity index (χ0n) is 9.90. The predicted molar refractivity (Wildman–Crippen MR) is 76.9 cm³/mol. The average molecular weight is 308 g/mol. The van der Waals surface area contributed by atoms with Gasteiger partial charge in [0.15, 0.2) is 0 Å². The molecule has 18 heavy (non-hydrogen) atoms. The molecule has 2 heterocycles. The highest BCUT2D eigenvalue weighted by Crippen LogP contribution is 2.31. The molecule has 0 atom stereocenters. The van der Waals surface area contributed by atoms with E-state index in [9.17, 15) is 0 Å². The Balaban J connectivity index is 2.18. The molecule has 5 heteroatoms. The molecule has 0 spiro atoms. The molecule has 0 amide bonds. The Morgan fingerprint density at radius 1 is 1.22 bits per heavy atom. The molecule has 2 N–H and O–H groups in total. The number of ether oxygens (including phenoxy) is 1. The van der Waals surface area contributed by atoms with Crippen molar-refractivity contribution in [2.24, 2.45) is 0 Å². The number of nitrogens with zero attached hydrogens (tertiary/aromatic N) is 2. The van der Waals surface area contributed by atoms with Crippen LogP contribution in [0.5, 0.6) is 0 Å². The zero-order chi connectivity index (χ0) is 12.5. The summed E-state index contributed by atoms with van der Waals surface area (Å²) in [5.74, 6) is 1.51. The fraction of sp³-hybridized carbons (Fsp3) is 0.308. The number of aromatic nitrogens is 1. The normalized spacial score (nSPS) is 16.2. The third-order valence-electron chi connectivity index (χ3n) is 3.13. The number of rotatable bonds is 1. The summed E-state index contributed by atoms with van der Waals surface area (Å²) in [7, 11) is 0. The molecule has 1 aromatic carbocycles. The van der Waals surface area contributed by atoms with Gasteiger partial charge in [-0.15, -0.1) is 0 Å². The first-order valence-electron chi connectivity index (χ1n) is 5.93. The molecule has 2 aromatic rings. The van der Waals surface area contributed by atoms with Crippen LogP contribution >= 0.6 is 15.9 Å². The standard InChI is InChI=1S/C13H14BrN3O/c14-11-3-1-2-9-10(11)8-12(15)16-13(9)17-4-6-18-7-5-17/h1-3,8H,4-7H2,(H2,15,16). The molecule has 4 nitrogen and oxygen atoms in total. The zero-order valence-corrected chi connectivity index (χ0v) is 11.5. The van der Waals surface area contributed by atoms with Gasteiger partial charge in [0.1, 0.15) is 11.6 Å². The van der Waals surface area contributed by atoms with Gasteiger partial charge in [-0.3, -0.25) is 0 Å². The van der Waals surface area contributed by atoms with Crippen molar-refractivity contribution in [3.63, 3.8) is 0 Å². The summed E-state index contributed by atoms with van der Waals surface area (Å²) >= 11 is 3.56. The van der Waals surface area contributed by atoms with Crippen molar-refractivity contribution in [1.82, 2.24) is 4.98 Å². The van der Waals surface area contributed by atoms with E-state index in [2.05, 4.69) is 31.9 Å². The van der Waals surface area contributed by atoms with E-state index in [-0.39, 0.29) is 0 Å². The number of hydrogen-bond donors (Lipinski definition) is 1. The van der Waals surface area contributed by atoms with Crippen LogP contribution in [-0.4, -0.2) is 31.3 Å². The molecule has 1 fully saturated rings. The second-order valence-corrected chi connectivity index (χ2v) is 5.16. The van der Waals surface area contributed by atoms with E-state index in [1.807, 2.05) is 18.2 Å². The smallest absolute Gasteiger partial charge is 0.139 e. The third-order valence-corrected chi connectivity index (χ3v) is 3.82. The molecule has 1 saturated heterocycles. The molecule has 0 bridgehead atoms. The third kappa shape index (κ3) is 2.04. The van der Waals surface area contributed by atoms with Crippen molar-refractivity contribution < 1.29 is 4.74 Å². The van der Waals surface area contributed by atoms with E-state index in [1.165, 1.54) is 0 Å². The Labute approximate surface area is 114 Å². The highest BCUT2D eigenvalue weighted by Gasteiger charge is 2.16. The second kappa shape index (κ2) is 4.74. The lowest BCUT2D eigenvalue weighted by Gasteiger charge is -2.29. The van der Waals surface area contributed by atoms with Gasteiger partial charge < -0.3 is 15.4 Å². The van der Waals surface area contributed by atoms with Crippen LogP contribution in [0.3, 0.4) is 0 Å². The van der Waals surface area contributed by atoms with Gasteiger partial charge in [-0.25, -0.2) is 4.98 Å². The maximum absolute atomic E-state index is 5.91. The van der Waals surface area contributed by atoms with Crippen LogP contribution in [0.15, 0.2) is 28.7 Å². The van der Waals surface area contributed by atoms with Gasteiger partial charge in [0.25, 0.3) is 0 Å². The largest absolute Gasteiger partial charge is 0.384 e. The SMILES string of the molecule is Nc1cc2c(Br)cccc2c(N2CCOCC2)n1. The minimum absolute atomic E-state index is 0.552. The molecule has 0 unspecified atom stereocenters. The number of pyridine rings is 1. The number of halogens is 1. The van der Waals surface area contributed by atoms with Gasteiger partial charge in [0.05, 0.1) is 13.2 Å². The summed E-state index contributed by atoms with van der Waals surface area (Å²) in [6, 6.07) is 8.03. The van der Waals surface area contributed by atoms with Crippen LogP contribution in [0.4, 0.5) is 11.6 Å². The Morgan fingerprint density at radius 3 is 2.78 bits per heavy atom. The molecule has 0 radical (unpaired) electrons. The van der Waals surface area contributed by atoms with E-state index in [4.69, 9.17) is 10.5 Å². The van der Waals surface area contributed by atoms with Crippen molar-refractivity contribution in [3.8, 4) is 0 Å². The van der Waals surface area contributed by atoms with Crippen molar-refractivity contribution in [2.45, 2.75) is 0 Å². The van der Waals surface area contributed by atoms with Gasteiger partial charge in [-0.05, 0) is 12.1 Å². The minimum atomic E-state index is 0.552. The lowest BCUT2D eigenvalue weighted by atomic mass is 10.1. The van der Waals surface area contributed by atoms with Gasteiger partial charge in [-0.1, -0.05) is 28.1 Å². The average Bonchev–Trinajstić information content (AvgIpc) is 2.40. The monoisotopic (exact) mass is 307 g/mol. The molecule has 94 valence electrons. The Hall–Kier alpha value is -1.33. The second-order valence-electron chi connectivity index (χ2n) is 4.31. The molecule has 1 aliphatic heterocycles. The van der Waals surface area contributed by atoms with Gasteiger partial charge in [0, 0.05) is 28.3 Å². The summed E-state index contributed by atoms with van der Waals surface area (Å²) in [4.78, 5) is 6.72. The Kier molecular flexibility index (Phi) is 3.09. The number of nitrogens with two attached hydrogens (primary N) is 1. The van der Waals surface area contributed by atoms with Crippen molar-refractivity contribution in [3.05, 3.63) is 28.7 Å². The number of anilines is 2. The first-order valence-corrected chi connectivity index (χ1v) is 6.72. The molecule has 0 saturated carbocycles. The summed E-state index contributed by atoms with van der Waals surface area (Å²) in [6.45, 7) is 3.20. The Bertz CT molecular complexity index is 582. The van der Waals surface area contributed by atoms with Crippen LogP contribution in [0.25, 0.3) is 10.8 Å². The highest BCUT2D eigenvalue weighted by molar-refractivity contribution is 9.10. The number of nitrogen functional groups attached to an aromatic ring is 1. The molecular weight excluding hydrogens is 294 g/mol. The van der Waals surface area contributed by atoms with Gasteiger partial charge in [-0.2, -0.15) is 0 Å². The van der Waals surface area contributed by atoms with Crippen molar-refractivity contribution >= 4 is 38.3 Å². The van der Waals surface area contributed by atoms with Crippen molar-refractivity contribution in [2.75, 3.05) is 36.9 Å². The summed E-state index contributed by atoms with van der Waals surface area (Å²) in [5, 5.41) is 2.23. The van der Waals surface area contributed by atoms with Crippen LogP contribution in [0, 0.1) is 0 Å². The number of benzene rings is 1. The van der Waals surface area contributed by atoms with Gasteiger partial charge >= 0.3 is 0 Å². The lowest BCUT2D eigenvalue weighted by Crippen LogP contribution is -2.37. The van der Waals surface area contributed by atoms with E-state index in [0.717, 1.165) is 47.4 Å². The van der Waals surface area contributed by atoms with Gasteiger partial charge in [0.2, 0.25) is 0 Å². The molecule has 1 aliphatic rings. The van der Waals surface area contributed by atoms with E-state index < -0.39 is 0 Å². The Morgan fingerprint density at radius 2 is 2.00 bits per heavy atom. The minimum Gasteiger partial charge on any atom is -0.384 e. The molecule has 3 rings (SSSR count). The van der Waals surface area contributed by atoms with Crippen molar-refractivity contribution in [1.29, 1.82) is 0 Å². The van der Waals surface area contributed by atoms with Crippen LogP contribution in [0.2, 0.25) is 0 Å². The maximum atomic E-state index is 5.91. The predicted octanol–water partition coefficient (Wildman–Crippen LogP) is 2.42. The number of fused-ring (bicyclic) bond motifs is 1. The van der Waals surface area contributed by atoms with E-state index >= 15 is 0 Å². The number of morpholine rings is 1. The van der Waals surface area contributed by atoms with E-state index in [0.29, 0.717) is 5.82 Å². The topological polar surface area (TPSA) is 51.4 Å². The summed E-state index contributed by atoms with van der Waals surface area (Å²) in [6.07, 6.45) is 0. The maximum Gasteiger partial charge on any atom is 0.139 e. The quantitative estimate of drug-likeness (QED) is 0.879. The first-order chi connectivity index (χ1) is 8.75. The van der Waals surface area contributed by atoms with Crippen LogP contribution in [0.1, 0.15) is 0 Å². The summed E-state index contributed by atoms with van der Waals surface area (Å²) < 4.78 is 6.42. The molecule has 1 aromatic heterocycles. The fourth-order valence-electron chi connectivity index (χ4n) is 2.26. The fourth-order valence-corrected chi connectivity index (χ4v) is 2.74. The highest BCUT2D eigenvalue weighted by atomic mass is 79.9. The summed E-state index contributed by atoms with van der Waals surface area (Å²) in [5.41, 5.74) is 5.91. The molecule has 0 aliphatic carbocycles. The molecular formula is C13H14BrN3O. The van der Waals surface area contributed by atoms with E-state index in [1.54, 1.807) is 0 Å². The van der Waals surface area contributed by atoms with Crippen LogP contribution < -0.4 is 10.6 Å². The lowest BCUT2D eigenvalue weighted by molar-refractivity contribution is 0.122. The first kappa shape index (κ1) is 11.7. The van der Waals surface area contributed by atoms with Crippen LogP contribution in [-0.2, 0) is 4.74 Å². The number of hydrogen-bond acceptors (Lipinski definition) is 4.